The largest absolute Gasteiger partial charge is 0.361 e. The van der Waals surface area contributed by atoms with Crippen LogP contribution in [0.4, 0.5) is 5.82 Å². The third-order valence-corrected chi connectivity index (χ3v) is 6.02. The van der Waals surface area contributed by atoms with Crippen LogP contribution in [0, 0.1) is 26.2 Å². The highest BCUT2D eigenvalue weighted by Crippen LogP contribution is 2.41. The maximum Gasteiger partial charge on any atom is 0.138 e. The smallest absolute Gasteiger partial charge is 0.138 e. The summed E-state index contributed by atoms with van der Waals surface area (Å²) < 4.78 is 5.35. The molecule has 1 atom stereocenters. The Bertz CT molecular complexity index is 736. The van der Waals surface area contributed by atoms with Gasteiger partial charge < -0.3 is 9.42 Å². The molecule has 2 aromatic rings. The first kappa shape index (κ1) is 16.6. The minimum absolute atomic E-state index is 0.404. The predicted molar refractivity (Wildman–Crippen MR) is 98.7 cm³/mol. The molecule has 2 aliphatic heterocycles. The van der Waals surface area contributed by atoms with Gasteiger partial charge >= 0.3 is 0 Å². The van der Waals surface area contributed by atoms with E-state index in [1.54, 1.807) is 0 Å². The molecule has 2 fully saturated rings. The van der Waals surface area contributed by atoms with Gasteiger partial charge in [-0.15, -0.1) is 0 Å². The second-order valence-corrected chi connectivity index (χ2v) is 7.93. The van der Waals surface area contributed by atoms with Crippen molar-refractivity contribution in [2.24, 2.45) is 5.41 Å². The molecule has 1 spiro atoms. The minimum atomic E-state index is 0.404. The first-order valence-corrected chi connectivity index (χ1v) is 9.37. The molecule has 2 aromatic heterocycles. The van der Waals surface area contributed by atoms with Crippen LogP contribution < -0.4 is 4.90 Å². The molecule has 0 aromatic carbocycles. The van der Waals surface area contributed by atoms with Crippen LogP contribution in [0.15, 0.2) is 22.9 Å². The Morgan fingerprint density at radius 3 is 2.80 bits per heavy atom. The van der Waals surface area contributed by atoms with E-state index in [-0.39, 0.29) is 0 Å². The molecule has 0 saturated carbocycles. The van der Waals surface area contributed by atoms with Crippen molar-refractivity contribution in [1.82, 2.24) is 15.0 Å². The number of rotatable bonds is 3. The van der Waals surface area contributed by atoms with Crippen molar-refractivity contribution in [3.05, 3.63) is 40.9 Å². The minimum Gasteiger partial charge on any atom is -0.361 e. The molecule has 0 amide bonds. The van der Waals surface area contributed by atoms with E-state index in [0.717, 1.165) is 31.1 Å². The van der Waals surface area contributed by atoms with Gasteiger partial charge in [-0.25, -0.2) is 4.98 Å². The Kier molecular flexibility index (Phi) is 4.28. The molecule has 5 nitrogen and oxygen atoms in total. The SMILES string of the molecule is Cc1cccnc1N1CC[C@@]2(CCCN(Cc3c(C)noc3C)C2)C1. The Balaban J connectivity index is 1.47. The Labute approximate surface area is 150 Å². The monoisotopic (exact) mass is 340 g/mol. The molecule has 2 saturated heterocycles. The molecule has 0 bridgehead atoms. The molecule has 0 N–H and O–H groups in total. The second-order valence-electron chi connectivity index (χ2n) is 7.93. The van der Waals surface area contributed by atoms with Crippen molar-refractivity contribution in [2.75, 3.05) is 31.1 Å². The predicted octanol–water partition coefficient (Wildman–Crippen LogP) is 3.49. The van der Waals surface area contributed by atoms with Gasteiger partial charge in [0.2, 0.25) is 0 Å². The zero-order chi connectivity index (χ0) is 17.4. The fourth-order valence-corrected chi connectivity index (χ4v) is 4.65. The maximum atomic E-state index is 5.35. The Morgan fingerprint density at radius 1 is 1.16 bits per heavy atom. The van der Waals surface area contributed by atoms with E-state index in [1.165, 1.54) is 49.3 Å². The number of piperidine rings is 1. The van der Waals surface area contributed by atoms with Gasteiger partial charge in [0.15, 0.2) is 0 Å². The Hall–Kier alpha value is -1.88. The van der Waals surface area contributed by atoms with Crippen LogP contribution in [0.1, 0.15) is 41.8 Å². The topological polar surface area (TPSA) is 45.4 Å². The average Bonchev–Trinajstić information content (AvgIpc) is 3.14. The molecular weight excluding hydrogens is 312 g/mol. The van der Waals surface area contributed by atoms with Crippen molar-refractivity contribution in [3.8, 4) is 0 Å². The number of aromatic nitrogens is 2. The second kappa shape index (κ2) is 6.45. The lowest BCUT2D eigenvalue weighted by molar-refractivity contribution is 0.0986. The van der Waals surface area contributed by atoms with Gasteiger partial charge in [-0.05, 0) is 58.2 Å². The molecule has 0 radical (unpaired) electrons. The summed E-state index contributed by atoms with van der Waals surface area (Å²) in [6, 6.07) is 4.19. The number of anilines is 1. The number of likely N-dealkylation sites (tertiary alicyclic amines) is 1. The van der Waals surface area contributed by atoms with Crippen LogP contribution in [-0.2, 0) is 6.54 Å². The first-order valence-electron chi connectivity index (χ1n) is 9.37. The van der Waals surface area contributed by atoms with Gasteiger partial charge in [-0.3, -0.25) is 4.90 Å². The average molecular weight is 340 g/mol. The van der Waals surface area contributed by atoms with Crippen LogP contribution >= 0.6 is 0 Å². The fraction of sp³-hybridized carbons (Fsp3) is 0.600. The fourth-order valence-electron chi connectivity index (χ4n) is 4.65. The summed E-state index contributed by atoms with van der Waals surface area (Å²) in [4.78, 5) is 9.73. The molecule has 25 heavy (non-hydrogen) atoms. The number of pyridine rings is 1. The zero-order valence-electron chi connectivity index (χ0n) is 15.6. The van der Waals surface area contributed by atoms with Crippen LogP contribution in [0.3, 0.4) is 0 Å². The van der Waals surface area contributed by atoms with E-state index in [0.29, 0.717) is 5.41 Å². The number of hydrogen-bond donors (Lipinski definition) is 0. The summed E-state index contributed by atoms with van der Waals surface area (Å²) in [6.45, 7) is 11.8. The standard InChI is InChI=1S/C20H28N4O/c1-15-6-4-9-21-19(15)24-11-8-20(14-24)7-5-10-23(13-20)12-18-16(2)22-25-17(18)3/h4,6,9H,5,7-8,10-14H2,1-3H3/t20-/m1/s1. The normalized spacial score (nSPS) is 24.4. The lowest BCUT2D eigenvalue weighted by Crippen LogP contribution is -2.44. The van der Waals surface area contributed by atoms with Crippen molar-refractivity contribution < 1.29 is 4.52 Å². The van der Waals surface area contributed by atoms with Gasteiger partial charge in [0.1, 0.15) is 11.6 Å². The molecule has 134 valence electrons. The summed E-state index contributed by atoms with van der Waals surface area (Å²) >= 11 is 0. The van der Waals surface area contributed by atoms with Crippen molar-refractivity contribution >= 4 is 5.82 Å². The third kappa shape index (κ3) is 3.17. The van der Waals surface area contributed by atoms with Crippen molar-refractivity contribution in [3.63, 3.8) is 0 Å². The summed E-state index contributed by atoms with van der Waals surface area (Å²) in [5, 5.41) is 4.11. The highest BCUT2D eigenvalue weighted by molar-refractivity contribution is 5.47. The third-order valence-electron chi connectivity index (χ3n) is 6.02. The van der Waals surface area contributed by atoms with E-state index >= 15 is 0 Å². The molecule has 2 aliphatic rings. The molecule has 4 heterocycles. The van der Waals surface area contributed by atoms with E-state index in [9.17, 15) is 0 Å². The molecule has 5 heteroatoms. The van der Waals surface area contributed by atoms with Gasteiger partial charge in [0, 0.05) is 43.4 Å². The van der Waals surface area contributed by atoms with Crippen LogP contribution in [0.25, 0.3) is 0 Å². The highest BCUT2D eigenvalue weighted by atomic mass is 16.5. The number of nitrogens with zero attached hydrogens (tertiary/aromatic N) is 4. The summed E-state index contributed by atoms with van der Waals surface area (Å²) in [5.74, 6) is 2.14. The summed E-state index contributed by atoms with van der Waals surface area (Å²) in [5.41, 5.74) is 3.99. The van der Waals surface area contributed by atoms with E-state index in [2.05, 4.69) is 32.9 Å². The molecule has 0 unspecified atom stereocenters. The van der Waals surface area contributed by atoms with E-state index in [1.807, 2.05) is 26.1 Å². The van der Waals surface area contributed by atoms with Crippen LogP contribution in [-0.4, -0.2) is 41.2 Å². The van der Waals surface area contributed by atoms with Crippen LogP contribution in [0.5, 0.6) is 0 Å². The summed E-state index contributed by atoms with van der Waals surface area (Å²) in [7, 11) is 0. The van der Waals surface area contributed by atoms with E-state index < -0.39 is 0 Å². The van der Waals surface area contributed by atoms with Crippen molar-refractivity contribution in [2.45, 2.75) is 46.6 Å². The van der Waals surface area contributed by atoms with E-state index in [4.69, 9.17) is 4.52 Å². The first-order chi connectivity index (χ1) is 12.1. The van der Waals surface area contributed by atoms with Crippen LogP contribution in [0.2, 0.25) is 0 Å². The lowest BCUT2D eigenvalue weighted by atomic mass is 9.79. The van der Waals surface area contributed by atoms with Gasteiger partial charge in [-0.2, -0.15) is 0 Å². The van der Waals surface area contributed by atoms with Gasteiger partial charge in [0.25, 0.3) is 0 Å². The zero-order valence-corrected chi connectivity index (χ0v) is 15.6. The summed E-state index contributed by atoms with van der Waals surface area (Å²) in [6.07, 6.45) is 5.78. The van der Waals surface area contributed by atoms with Gasteiger partial charge in [0.05, 0.1) is 5.69 Å². The number of aryl methyl sites for hydroxylation is 3. The van der Waals surface area contributed by atoms with Crippen molar-refractivity contribution in [1.29, 1.82) is 0 Å². The molecule has 0 aliphatic carbocycles. The maximum absolute atomic E-state index is 5.35. The Morgan fingerprint density at radius 2 is 2.04 bits per heavy atom. The quantitative estimate of drug-likeness (QED) is 0.856. The number of hydrogen-bond acceptors (Lipinski definition) is 5. The molecular formula is C20H28N4O. The lowest BCUT2D eigenvalue weighted by Gasteiger charge is -2.40. The molecule has 4 rings (SSSR count). The highest BCUT2D eigenvalue weighted by Gasteiger charge is 2.42. The van der Waals surface area contributed by atoms with Gasteiger partial charge in [-0.1, -0.05) is 11.2 Å².